The maximum atomic E-state index is 3.94. The SMILES string of the molecule is C=CN=C1C=CNC1=C.CC. The van der Waals surface area contributed by atoms with Crippen LogP contribution in [0.3, 0.4) is 0 Å². The molecule has 0 aromatic rings. The highest BCUT2D eigenvalue weighted by Gasteiger charge is 2.02. The Morgan fingerprint density at radius 3 is 2.55 bits per heavy atom. The first-order valence-electron chi connectivity index (χ1n) is 3.65. The quantitative estimate of drug-likeness (QED) is 0.609. The van der Waals surface area contributed by atoms with Gasteiger partial charge in [0.05, 0.1) is 11.4 Å². The van der Waals surface area contributed by atoms with Gasteiger partial charge < -0.3 is 5.32 Å². The molecule has 11 heavy (non-hydrogen) atoms. The molecule has 0 aromatic carbocycles. The molecule has 0 fully saturated rings. The van der Waals surface area contributed by atoms with E-state index in [0.29, 0.717) is 0 Å². The van der Waals surface area contributed by atoms with Crippen molar-refractivity contribution in [1.29, 1.82) is 0 Å². The summed E-state index contributed by atoms with van der Waals surface area (Å²) in [5.74, 6) is 0. The Kier molecular flexibility index (Phi) is 4.82. The summed E-state index contributed by atoms with van der Waals surface area (Å²) in [6.07, 6.45) is 5.15. The van der Waals surface area contributed by atoms with E-state index < -0.39 is 0 Å². The Balaban J connectivity index is 0.000000461. The first kappa shape index (κ1) is 9.69. The first-order chi connectivity index (χ1) is 5.34. The fraction of sp³-hybridized carbons (Fsp3) is 0.222. The van der Waals surface area contributed by atoms with Gasteiger partial charge in [-0.2, -0.15) is 0 Å². The van der Waals surface area contributed by atoms with E-state index in [-0.39, 0.29) is 0 Å². The van der Waals surface area contributed by atoms with Crippen molar-refractivity contribution in [2.75, 3.05) is 0 Å². The molecule has 0 amide bonds. The molecular formula is C9H14N2. The number of hydrogen-bond acceptors (Lipinski definition) is 2. The molecule has 0 aliphatic carbocycles. The second kappa shape index (κ2) is 5.47. The molecule has 0 aromatic heterocycles. The second-order valence-corrected chi connectivity index (χ2v) is 1.65. The number of nitrogens with one attached hydrogen (secondary N) is 1. The zero-order chi connectivity index (χ0) is 8.69. The number of allylic oxidation sites excluding steroid dienone is 1. The third-order valence-electron chi connectivity index (χ3n) is 1.04. The largest absolute Gasteiger partial charge is 0.360 e. The van der Waals surface area contributed by atoms with Crippen molar-refractivity contribution in [3.63, 3.8) is 0 Å². The minimum Gasteiger partial charge on any atom is -0.360 e. The summed E-state index contributed by atoms with van der Waals surface area (Å²) in [4.78, 5) is 3.94. The van der Waals surface area contributed by atoms with E-state index in [2.05, 4.69) is 23.5 Å². The van der Waals surface area contributed by atoms with E-state index in [1.54, 1.807) is 6.20 Å². The summed E-state index contributed by atoms with van der Waals surface area (Å²) in [5, 5.41) is 2.90. The highest BCUT2D eigenvalue weighted by atomic mass is 14.9. The van der Waals surface area contributed by atoms with Crippen LogP contribution < -0.4 is 5.32 Å². The van der Waals surface area contributed by atoms with Gasteiger partial charge in [0.1, 0.15) is 0 Å². The third-order valence-corrected chi connectivity index (χ3v) is 1.04. The summed E-state index contributed by atoms with van der Waals surface area (Å²) in [6, 6.07) is 0. The van der Waals surface area contributed by atoms with E-state index in [0.717, 1.165) is 11.4 Å². The molecule has 0 saturated heterocycles. The van der Waals surface area contributed by atoms with Crippen molar-refractivity contribution >= 4 is 5.71 Å². The summed E-state index contributed by atoms with van der Waals surface area (Å²) in [5.41, 5.74) is 1.68. The van der Waals surface area contributed by atoms with Crippen LogP contribution in [-0.2, 0) is 0 Å². The topological polar surface area (TPSA) is 24.4 Å². The second-order valence-electron chi connectivity index (χ2n) is 1.65. The monoisotopic (exact) mass is 150 g/mol. The van der Waals surface area contributed by atoms with Crippen LogP contribution in [0.25, 0.3) is 0 Å². The molecule has 0 saturated carbocycles. The molecule has 0 atom stereocenters. The highest BCUT2D eigenvalue weighted by Crippen LogP contribution is 1.99. The summed E-state index contributed by atoms with van der Waals surface area (Å²) >= 11 is 0. The van der Waals surface area contributed by atoms with Gasteiger partial charge in [0.25, 0.3) is 0 Å². The maximum Gasteiger partial charge on any atom is 0.0872 e. The standard InChI is InChI=1S/C7H8N2.C2H6/c1-3-8-7-4-5-9-6(7)2;1-2/h3-5,9H,1-2H2;1-2H3. The van der Waals surface area contributed by atoms with Gasteiger partial charge in [-0.25, -0.2) is 0 Å². The lowest BCUT2D eigenvalue weighted by molar-refractivity contribution is 1.18. The molecule has 0 radical (unpaired) electrons. The fourth-order valence-corrected chi connectivity index (χ4v) is 0.615. The zero-order valence-corrected chi connectivity index (χ0v) is 7.09. The Bertz CT molecular complexity index is 200. The average Bonchev–Trinajstić information content (AvgIpc) is 2.42. The minimum absolute atomic E-state index is 0.829. The molecule has 2 heteroatoms. The molecule has 1 aliphatic heterocycles. The van der Waals surface area contributed by atoms with E-state index >= 15 is 0 Å². The first-order valence-corrected chi connectivity index (χ1v) is 3.65. The lowest BCUT2D eigenvalue weighted by Crippen LogP contribution is -2.02. The van der Waals surface area contributed by atoms with Gasteiger partial charge in [0.2, 0.25) is 0 Å². The summed E-state index contributed by atoms with van der Waals surface area (Å²) < 4.78 is 0. The molecule has 0 bridgehead atoms. The zero-order valence-electron chi connectivity index (χ0n) is 7.09. The Morgan fingerprint density at radius 1 is 1.55 bits per heavy atom. The smallest absolute Gasteiger partial charge is 0.0872 e. The highest BCUT2D eigenvalue weighted by molar-refractivity contribution is 6.09. The van der Waals surface area contributed by atoms with Crippen molar-refractivity contribution < 1.29 is 0 Å². The van der Waals surface area contributed by atoms with Gasteiger partial charge in [-0.05, 0) is 6.08 Å². The van der Waals surface area contributed by atoms with Crippen molar-refractivity contribution in [3.05, 3.63) is 37.3 Å². The minimum atomic E-state index is 0.829. The van der Waals surface area contributed by atoms with E-state index in [1.165, 1.54) is 6.20 Å². The lowest BCUT2D eigenvalue weighted by atomic mass is 10.3. The molecule has 2 nitrogen and oxygen atoms in total. The van der Waals surface area contributed by atoms with E-state index in [9.17, 15) is 0 Å². The van der Waals surface area contributed by atoms with E-state index in [4.69, 9.17) is 0 Å². The number of nitrogens with zero attached hydrogens (tertiary/aromatic N) is 1. The molecule has 1 rings (SSSR count). The average molecular weight is 150 g/mol. The van der Waals surface area contributed by atoms with Gasteiger partial charge in [0, 0.05) is 12.4 Å². The van der Waals surface area contributed by atoms with Crippen LogP contribution in [-0.4, -0.2) is 5.71 Å². The predicted octanol–water partition coefficient (Wildman–Crippen LogP) is 2.23. The summed E-state index contributed by atoms with van der Waals surface area (Å²) in [7, 11) is 0. The molecule has 60 valence electrons. The van der Waals surface area contributed by atoms with Crippen LogP contribution in [0.4, 0.5) is 0 Å². The van der Waals surface area contributed by atoms with Gasteiger partial charge in [-0.1, -0.05) is 27.0 Å². The predicted molar refractivity (Wildman–Crippen MR) is 50.4 cm³/mol. The third kappa shape index (κ3) is 2.85. The van der Waals surface area contributed by atoms with Gasteiger partial charge in [-0.3, -0.25) is 4.99 Å². The fourth-order valence-electron chi connectivity index (χ4n) is 0.615. The molecule has 1 aliphatic rings. The normalized spacial score (nSPS) is 17.3. The number of aliphatic imine (C=N–C) groups is 1. The van der Waals surface area contributed by atoms with Crippen molar-refractivity contribution in [2.45, 2.75) is 13.8 Å². The van der Waals surface area contributed by atoms with Gasteiger partial charge >= 0.3 is 0 Å². The molecule has 0 unspecified atom stereocenters. The van der Waals surface area contributed by atoms with Crippen LogP contribution >= 0.6 is 0 Å². The van der Waals surface area contributed by atoms with Crippen LogP contribution in [0, 0.1) is 0 Å². The van der Waals surface area contributed by atoms with Crippen molar-refractivity contribution in [3.8, 4) is 0 Å². The molecule has 1 heterocycles. The Labute approximate surface area is 68.0 Å². The van der Waals surface area contributed by atoms with Crippen LogP contribution in [0.1, 0.15) is 13.8 Å². The Morgan fingerprint density at radius 2 is 2.18 bits per heavy atom. The maximum absolute atomic E-state index is 3.94. The van der Waals surface area contributed by atoms with Crippen LogP contribution in [0.2, 0.25) is 0 Å². The lowest BCUT2D eigenvalue weighted by Gasteiger charge is -1.92. The molecule has 0 spiro atoms. The number of rotatable bonds is 1. The van der Waals surface area contributed by atoms with Crippen LogP contribution in [0.5, 0.6) is 0 Å². The van der Waals surface area contributed by atoms with Crippen molar-refractivity contribution in [1.82, 2.24) is 5.32 Å². The van der Waals surface area contributed by atoms with Gasteiger partial charge in [0.15, 0.2) is 0 Å². The van der Waals surface area contributed by atoms with Gasteiger partial charge in [-0.15, -0.1) is 0 Å². The van der Waals surface area contributed by atoms with Crippen molar-refractivity contribution in [2.24, 2.45) is 4.99 Å². The Hall–Kier alpha value is -1.31. The molecule has 1 N–H and O–H groups in total. The van der Waals surface area contributed by atoms with Crippen LogP contribution in [0.15, 0.2) is 42.3 Å². The number of hydrogen-bond donors (Lipinski definition) is 1. The summed E-state index contributed by atoms with van der Waals surface area (Å²) in [6.45, 7) is 11.2. The molecular weight excluding hydrogens is 136 g/mol. The van der Waals surface area contributed by atoms with E-state index in [1.807, 2.05) is 19.9 Å².